The molecule has 0 radical (unpaired) electrons. The van der Waals surface area contributed by atoms with Gasteiger partial charge in [-0.25, -0.2) is 0 Å². The fourth-order valence-electron chi connectivity index (χ4n) is 3.59. The third-order valence-corrected chi connectivity index (χ3v) is 4.74. The molecule has 2 heteroatoms. The molecule has 2 aliphatic rings. The molecule has 2 nitrogen and oxygen atoms in total. The number of nitrogens with one attached hydrogen (secondary N) is 1. The minimum atomic E-state index is 0.291. The van der Waals surface area contributed by atoms with Gasteiger partial charge in [-0.1, -0.05) is 32.0 Å². The summed E-state index contributed by atoms with van der Waals surface area (Å²) >= 11 is 0. The number of anilines is 1. The number of hydrogen-bond donors (Lipinski definition) is 2. The molecule has 3 N–H and O–H groups in total. The van der Waals surface area contributed by atoms with E-state index in [1.807, 2.05) is 0 Å². The molecule has 1 saturated heterocycles. The molecule has 3 rings (SSSR count). The van der Waals surface area contributed by atoms with Crippen LogP contribution in [0.5, 0.6) is 0 Å². The molecule has 0 bridgehead atoms. The number of rotatable bonds is 0. The fourth-order valence-corrected chi connectivity index (χ4v) is 3.59. The normalized spacial score (nSPS) is 32.5. The van der Waals surface area contributed by atoms with Crippen molar-refractivity contribution < 1.29 is 5.32 Å². The van der Waals surface area contributed by atoms with Crippen molar-refractivity contribution >= 4 is 5.69 Å². The van der Waals surface area contributed by atoms with Gasteiger partial charge < -0.3 is 10.6 Å². The Morgan fingerprint density at radius 2 is 1.88 bits per heavy atom. The lowest BCUT2D eigenvalue weighted by Gasteiger charge is -2.47. The summed E-state index contributed by atoms with van der Waals surface area (Å²) in [4.78, 5) is 0. The molecule has 92 valence electrons. The molecule has 0 aromatic heterocycles. The molecule has 1 aromatic rings. The van der Waals surface area contributed by atoms with Crippen molar-refractivity contribution in [1.29, 1.82) is 0 Å². The maximum atomic E-state index is 3.76. The van der Waals surface area contributed by atoms with E-state index < -0.39 is 0 Å². The van der Waals surface area contributed by atoms with Gasteiger partial charge in [0.1, 0.15) is 0 Å². The molecule has 0 amide bonds. The summed E-state index contributed by atoms with van der Waals surface area (Å²) in [6.07, 6.45) is 0. The number of piperidine rings is 1. The zero-order valence-corrected chi connectivity index (χ0v) is 11.2. The monoisotopic (exact) mass is 231 g/mol. The topological polar surface area (TPSA) is 28.6 Å². The van der Waals surface area contributed by atoms with Crippen LogP contribution in [0.4, 0.5) is 5.69 Å². The number of hydrogen-bond acceptors (Lipinski definition) is 1. The molecule has 1 fully saturated rings. The average molecular weight is 231 g/mol. The highest BCUT2D eigenvalue weighted by atomic mass is 15.1. The lowest BCUT2D eigenvalue weighted by atomic mass is 9.66. The van der Waals surface area contributed by atoms with Crippen molar-refractivity contribution in [2.45, 2.75) is 45.2 Å². The maximum absolute atomic E-state index is 3.76. The first-order chi connectivity index (χ1) is 7.92. The van der Waals surface area contributed by atoms with E-state index in [1.165, 1.54) is 17.8 Å². The number of benzene rings is 1. The first-order valence-electron chi connectivity index (χ1n) is 6.62. The SMILES string of the molecule is CC1(C)C[NH2+]C(C)(C)[C@H]2c3ccccc3N[C@@H]21. The Morgan fingerprint density at radius 3 is 2.65 bits per heavy atom. The zero-order valence-electron chi connectivity index (χ0n) is 11.2. The molecule has 0 spiro atoms. The second-order valence-corrected chi connectivity index (χ2v) is 6.91. The van der Waals surface area contributed by atoms with E-state index >= 15 is 0 Å². The highest BCUT2D eigenvalue weighted by molar-refractivity contribution is 5.61. The van der Waals surface area contributed by atoms with E-state index in [2.05, 4.69) is 62.6 Å². The van der Waals surface area contributed by atoms with Gasteiger partial charge in [0.15, 0.2) is 0 Å². The summed E-state index contributed by atoms with van der Waals surface area (Å²) in [6, 6.07) is 9.39. The Bertz CT molecular complexity index is 448. The largest absolute Gasteiger partial charge is 0.380 e. The summed E-state index contributed by atoms with van der Waals surface area (Å²) < 4.78 is 0. The summed E-state index contributed by atoms with van der Waals surface area (Å²) in [5.74, 6) is 0.613. The van der Waals surface area contributed by atoms with E-state index in [-0.39, 0.29) is 0 Å². The molecule has 2 aliphatic heterocycles. The molecule has 0 unspecified atom stereocenters. The van der Waals surface area contributed by atoms with Crippen LogP contribution in [0.25, 0.3) is 0 Å². The van der Waals surface area contributed by atoms with Crippen molar-refractivity contribution in [3.63, 3.8) is 0 Å². The second-order valence-electron chi connectivity index (χ2n) is 6.91. The Morgan fingerprint density at radius 1 is 1.18 bits per heavy atom. The van der Waals surface area contributed by atoms with E-state index in [1.54, 1.807) is 0 Å². The molecular formula is C15H23N2+. The van der Waals surface area contributed by atoms with Crippen molar-refractivity contribution in [1.82, 2.24) is 0 Å². The van der Waals surface area contributed by atoms with Crippen molar-refractivity contribution in [3.8, 4) is 0 Å². The van der Waals surface area contributed by atoms with Gasteiger partial charge >= 0.3 is 0 Å². The van der Waals surface area contributed by atoms with Crippen LogP contribution in [0.2, 0.25) is 0 Å². The van der Waals surface area contributed by atoms with Crippen LogP contribution in [-0.2, 0) is 0 Å². The van der Waals surface area contributed by atoms with Crippen molar-refractivity contribution in [3.05, 3.63) is 29.8 Å². The number of fused-ring (bicyclic) bond motifs is 3. The first-order valence-corrected chi connectivity index (χ1v) is 6.62. The van der Waals surface area contributed by atoms with Gasteiger partial charge in [0.2, 0.25) is 0 Å². The van der Waals surface area contributed by atoms with E-state index in [0.717, 1.165) is 0 Å². The first kappa shape index (κ1) is 11.1. The third kappa shape index (κ3) is 1.50. The van der Waals surface area contributed by atoms with Gasteiger partial charge in [0, 0.05) is 17.1 Å². The maximum Gasteiger partial charge on any atom is 0.0994 e. The Kier molecular flexibility index (Phi) is 2.13. The average Bonchev–Trinajstić information content (AvgIpc) is 2.66. The van der Waals surface area contributed by atoms with Crippen molar-refractivity contribution in [2.24, 2.45) is 5.41 Å². The molecular weight excluding hydrogens is 208 g/mol. The van der Waals surface area contributed by atoms with Crippen LogP contribution >= 0.6 is 0 Å². The van der Waals surface area contributed by atoms with Crippen LogP contribution < -0.4 is 10.6 Å². The Labute approximate surface area is 104 Å². The van der Waals surface area contributed by atoms with Crippen LogP contribution in [0.15, 0.2) is 24.3 Å². The minimum absolute atomic E-state index is 0.291. The van der Waals surface area contributed by atoms with E-state index in [4.69, 9.17) is 0 Å². The number of para-hydroxylation sites is 1. The lowest BCUT2D eigenvalue weighted by molar-refractivity contribution is -0.743. The van der Waals surface area contributed by atoms with Crippen LogP contribution in [-0.4, -0.2) is 18.1 Å². The highest BCUT2D eigenvalue weighted by Crippen LogP contribution is 2.48. The summed E-state index contributed by atoms with van der Waals surface area (Å²) in [5, 5.41) is 6.29. The highest BCUT2D eigenvalue weighted by Gasteiger charge is 2.54. The quantitative estimate of drug-likeness (QED) is 0.702. The van der Waals surface area contributed by atoms with Gasteiger partial charge in [-0.05, 0) is 25.5 Å². The molecule has 2 heterocycles. The molecule has 0 aliphatic carbocycles. The Balaban J connectivity index is 2.11. The van der Waals surface area contributed by atoms with Crippen LogP contribution in [0.1, 0.15) is 39.2 Å². The van der Waals surface area contributed by atoms with Gasteiger partial charge in [-0.3, -0.25) is 0 Å². The molecule has 2 atom stereocenters. The predicted octanol–water partition coefficient (Wildman–Crippen LogP) is 1.95. The van der Waals surface area contributed by atoms with Crippen LogP contribution in [0, 0.1) is 5.41 Å². The van der Waals surface area contributed by atoms with Gasteiger partial charge in [-0.15, -0.1) is 0 Å². The second kappa shape index (κ2) is 3.26. The summed E-state index contributed by atoms with van der Waals surface area (Å²) in [5.41, 5.74) is 3.49. The lowest BCUT2D eigenvalue weighted by Crippen LogP contribution is -3.01. The number of quaternary nitrogens is 1. The summed E-state index contributed by atoms with van der Waals surface area (Å²) in [6.45, 7) is 10.7. The Hall–Kier alpha value is -1.02. The van der Waals surface area contributed by atoms with E-state index in [9.17, 15) is 0 Å². The minimum Gasteiger partial charge on any atom is -0.380 e. The summed E-state index contributed by atoms with van der Waals surface area (Å²) in [7, 11) is 0. The van der Waals surface area contributed by atoms with E-state index in [0.29, 0.717) is 22.9 Å². The van der Waals surface area contributed by atoms with Crippen molar-refractivity contribution in [2.75, 3.05) is 11.9 Å². The number of nitrogens with two attached hydrogens (primary N) is 1. The molecule has 1 aromatic carbocycles. The predicted molar refractivity (Wildman–Crippen MR) is 71.2 cm³/mol. The fraction of sp³-hybridized carbons (Fsp3) is 0.600. The standard InChI is InChI=1S/C15H22N2/c1-14(2)9-16-15(3,4)12-10-7-5-6-8-11(10)17-13(12)14/h5-8,12-13,16-17H,9H2,1-4H3/p+1/t12-,13-/m0/s1. The van der Waals surface area contributed by atoms with Gasteiger partial charge in [0.05, 0.1) is 18.0 Å². The molecule has 0 saturated carbocycles. The smallest absolute Gasteiger partial charge is 0.0994 e. The molecule has 17 heavy (non-hydrogen) atoms. The zero-order chi connectivity index (χ0) is 12.3. The third-order valence-electron chi connectivity index (χ3n) is 4.74. The van der Waals surface area contributed by atoms with Gasteiger partial charge in [0.25, 0.3) is 0 Å². The van der Waals surface area contributed by atoms with Crippen LogP contribution in [0.3, 0.4) is 0 Å². The van der Waals surface area contributed by atoms with Gasteiger partial charge in [-0.2, -0.15) is 0 Å².